The fraction of sp³-hybridized carbons (Fsp3) is 0.467. The molecular formula is C15H21N3O2. The topological polar surface area (TPSA) is 62.4 Å². The van der Waals surface area contributed by atoms with Gasteiger partial charge < -0.3 is 9.63 Å². The first-order valence-electron chi connectivity index (χ1n) is 6.84. The molecule has 5 nitrogen and oxygen atoms in total. The highest BCUT2D eigenvalue weighted by Gasteiger charge is 2.14. The number of hydrogen-bond acceptors (Lipinski definition) is 5. The van der Waals surface area contributed by atoms with E-state index in [0.29, 0.717) is 30.8 Å². The maximum Gasteiger partial charge on any atom is 0.257 e. The summed E-state index contributed by atoms with van der Waals surface area (Å²) in [5, 5.41) is 13.1. The summed E-state index contributed by atoms with van der Waals surface area (Å²) in [4.78, 5) is 6.53. The molecule has 1 aromatic carbocycles. The van der Waals surface area contributed by atoms with Crippen LogP contribution in [-0.2, 0) is 6.54 Å². The minimum atomic E-state index is 0.126. The summed E-state index contributed by atoms with van der Waals surface area (Å²) in [6.07, 6.45) is 0. The highest BCUT2D eigenvalue weighted by Crippen LogP contribution is 2.18. The molecule has 0 fully saturated rings. The minimum Gasteiger partial charge on any atom is -0.395 e. The van der Waals surface area contributed by atoms with Crippen LogP contribution in [0.1, 0.15) is 25.2 Å². The van der Waals surface area contributed by atoms with E-state index < -0.39 is 0 Å². The van der Waals surface area contributed by atoms with Crippen molar-refractivity contribution in [3.63, 3.8) is 0 Å². The Bertz CT molecular complexity index is 552. The first-order chi connectivity index (χ1) is 9.60. The Morgan fingerprint density at radius 2 is 2.15 bits per heavy atom. The maximum atomic E-state index is 9.07. The number of aromatic nitrogens is 2. The maximum absolute atomic E-state index is 9.07. The molecule has 2 aromatic rings. The van der Waals surface area contributed by atoms with Gasteiger partial charge in [-0.1, -0.05) is 22.9 Å². The van der Waals surface area contributed by atoms with Crippen molar-refractivity contribution in [1.82, 2.24) is 15.0 Å². The van der Waals surface area contributed by atoms with Crippen molar-refractivity contribution in [1.29, 1.82) is 0 Å². The highest BCUT2D eigenvalue weighted by atomic mass is 16.5. The SMILES string of the molecule is Cc1cccc(-c2nc(CN(CCO)C(C)C)no2)c1. The number of nitrogens with zero attached hydrogens (tertiary/aromatic N) is 3. The van der Waals surface area contributed by atoms with Gasteiger partial charge in [0.25, 0.3) is 5.89 Å². The highest BCUT2D eigenvalue weighted by molar-refractivity contribution is 5.53. The second-order valence-electron chi connectivity index (χ2n) is 5.17. The van der Waals surface area contributed by atoms with Crippen LogP contribution in [0.4, 0.5) is 0 Å². The Balaban J connectivity index is 2.12. The first-order valence-corrected chi connectivity index (χ1v) is 6.84. The summed E-state index contributed by atoms with van der Waals surface area (Å²) in [5.74, 6) is 1.18. The summed E-state index contributed by atoms with van der Waals surface area (Å²) in [7, 11) is 0. The van der Waals surface area contributed by atoms with Crippen molar-refractivity contribution in [2.24, 2.45) is 0 Å². The monoisotopic (exact) mass is 275 g/mol. The van der Waals surface area contributed by atoms with Crippen LogP contribution >= 0.6 is 0 Å². The van der Waals surface area contributed by atoms with E-state index in [1.807, 2.05) is 31.2 Å². The smallest absolute Gasteiger partial charge is 0.257 e. The van der Waals surface area contributed by atoms with Gasteiger partial charge in [0.05, 0.1) is 13.2 Å². The van der Waals surface area contributed by atoms with E-state index in [9.17, 15) is 0 Å². The molecule has 0 aliphatic heterocycles. The molecule has 20 heavy (non-hydrogen) atoms. The third-order valence-corrected chi connectivity index (χ3v) is 3.20. The molecule has 0 saturated heterocycles. The van der Waals surface area contributed by atoms with Gasteiger partial charge in [0, 0.05) is 18.2 Å². The van der Waals surface area contributed by atoms with E-state index in [0.717, 1.165) is 11.1 Å². The molecule has 5 heteroatoms. The third-order valence-electron chi connectivity index (χ3n) is 3.20. The van der Waals surface area contributed by atoms with E-state index >= 15 is 0 Å². The van der Waals surface area contributed by atoms with Crippen LogP contribution in [0.15, 0.2) is 28.8 Å². The molecule has 0 radical (unpaired) electrons. The largest absolute Gasteiger partial charge is 0.395 e. The van der Waals surface area contributed by atoms with E-state index in [2.05, 4.69) is 28.9 Å². The molecule has 0 unspecified atom stereocenters. The molecule has 0 aliphatic rings. The van der Waals surface area contributed by atoms with Gasteiger partial charge in [0.1, 0.15) is 0 Å². The molecule has 108 valence electrons. The number of aliphatic hydroxyl groups excluding tert-OH is 1. The van der Waals surface area contributed by atoms with Crippen molar-refractivity contribution >= 4 is 0 Å². The van der Waals surface area contributed by atoms with Crippen LogP contribution in [0.2, 0.25) is 0 Å². The van der Waals surface area contributed by atoms with Crippen LogP contribution in [0.25, 0.3) is 11.5 Å². The Morgan fingerprint density at radius 1 is 1.35 bits per heavy atom. The molecule has 1 aromatic heterocycles. The Labute approximate surface area is 119 Å². The average molecular weight is 275 g/mol. The summed E-state index contributed by atoms with van der Waals surface area (Å²) >= 11 is 0. The third kappa shape index (κ3) is 3.65. The van der Waals surface area contributed by atoms with Crippen LogP contribution in [0, 0.1) is 6.92 Å². The van der Waals surface area contributed by atoms with E-state index in [1.165, 1.54) is 0 Å². The van der Waals surface area contributed by atoms with Crippen molar-refractivity contribution in [3.8, 4) is 11.5 Å². The molecule has 1 N–H and O–H groups in total. The second kappa shape index (κ2) is 6.63. The summed E-state index contributed by atoms with van der Waals surface area (Å²) in [5.41, 5.74) is 2.09. The molecule has 0 spiro atoms. The predicted molar refractivity (Wildman–Crippen MR) is 77.1 cm³/mol. The van der Waals surface area contributed by atoms with E-state index in [-0.39, 0.29) is 6.61 Å². The Kier molecular flexibility index (Phi) is 4.87. The Hall–Kier alpha value is -1.72. The van der Waals surface area contributed by atoms with E-state index in [1.54, 1.807) is 0 Å². The second-order valence-corrected chi connectivity index (χ2v) is 5.17. The lowest BCUT2D eigenvalue weighted by Crippen LogP contribution is -2.33. The predicted octanol–water partition coefficient (Wildman–Crippen LogP) is 2.25. The van der Waals surface area contributed by atoms with Gasteiger partial charge in [-0.15, -0.1) is 0 Å². The van der Waals surface area contributed by atoms with Crippen molar-refractivity contribution < 1.29 is 9.63 Å². The van der Waals surface area contributed by atoms with Gasteiger partial charge in [-0.05, 0) is 32.9 Å². The zero-order valence-electron chi connectivity index (χ0n) is 12.2. The summed E-state index contributed by atoms with van der Waals surface area (Å²) in [6, 6.07) is 8.30. The molecular weight excluding hydrogens is 254 g/mol. The summed E-state index contributed by atoms with van der Waals surface area (Å²) < 4.78 is 5.31. The first kappa shape index (κ1) is 14.7. The van der Waals surface area contributed by atoms with Crippen LogP contribution < -0.4 is 0 Å². The molecule has 0 atom stereocenters. The van der Waals surface area contributed by atoms with Crippen molar-refractivity contribution in [2.75, 3.05) is 13.2 Å². The molecule has 0 bridgehead atoms. The fourth-order valence-corrected chi connectivity index (χ4v) is 2.04. The number of rotatable bonds is 6. The standard InChI is InChI=1S/C15H21N3O2/c1-11(2)18(7-8-19)10-14-16-15(20-17-14)13-6-4-5-12(3)9-13/h4-6,9,11,19H,7-8,10H2,1-3H3. The average Bonchev–Trinajstić information content (AvgIpc) is 2.87. The van der Waals surface area contributed by atoms with Gasteiger partial charge in [-0.25, -0.2) is 0 Å². The van der Waals surface area contributed by atoms with Gasteiger partial charge in [0.2, 0.25) is 0 Å². The fourth-order valence-electron chi connectivity index (χ4n) is 2.04. The zero-order chi connectivity index (χ0) is 14.5. The number of benzene rings is 1. The summed E-state index contributed by atoms with van der Waals surface area (Å²) in [6.45, 7) is 7.50. The lowest BCUT2D eigenvalue weighted by atomic mass is 10.1. The Morgan fingerprint density at radius 3 is 2.80 bits per heavy atom. The number of aliphatic hydroxyl groups is 1. The normalized spacial score (nSPS) is 11.5. The van der Waals surface area contributed by atoms with Crippen LogP contribution in [-0.4, -0.2) is 39.3 Å². The van der Waals surface area contributed by atoms with Crippen molar-refractivity contribution in [3.05, 3.63) is 35.7 Å². The molecule has 1 heterocycles. The zero-order valence-corrected chi connectivity index (χ0v) is 12.2. The quantitative estimate of drug-likeness (QED) is 0.876. The number of hydrogen-bond donors (Lipinski definition) is 1. The number of aryl methyl sites for hydroxylation is 1. The molecule has 0 saturated carbocycles. The van der Waals surface area contributed by atoms with Crippen molar-refractivity contribution in [2.45, 2.75) is 33.4 Å². The lowest BCUT2D eigenvalue weighted by molar-refractivity contribution is 0.155. The van der Waals surface area contributed by atoms with Gasteiger partial charge in [0.15, 0.2) is 5.82 Å². The van der Waals surface area contributed by atoms with Gasteiger partial charge in [-0.3, -0.25) is 4.90 Å². The molecule has 2 rings (SSSR count). The van der Waals surface area contributed by atoms with Crippen LogP contribution in [0.5, 0.6) is 0 Å². The lowest BCUT2D eigenvalue weighted by Gasteiger charge is -2.23. The van der Waals surface area contributed by atoms with Crippen LogP contribution in [0.3, 0.4) is 0 Å². The van der Waals surface area contributed by atoms with Gasteiger partial charge >= 0.3 is 0 Å². The molecule has 0 amide bonds. The molecule has 0 aliphatic carbocycles. The van der Waals surface area contributed by atoms with E-state index in [4.69, 9.17) is 9.63 Å². The minimum absolute atomic E-state index is 0.126. The van der Waals surface area contributed by atoms with Gasteiger partial charge in [-0.2, -0.15) is 4.98 Å².